The van der Waals surface area contributed by atoms with Crippen LogP contribution in [0, 0.1) is 0 Å². The molecule has 0 unspecified atom stereocenters. The predicted molar refractivity (Wildman–Crippen MR) is 81.1 cm³/mol. The molecular formula is C14H17N3OS. The molecule has 5 heteroatoms. The average Bonchev–Trinajstić information content (AvgIpc) is 2.77. The van der Waals surface area contributed by atoms with E-state index in [2.05, 4.69) is 4.57 Å². The van der Waals surface area contributed by atoms with E-state index in [4.69, 9.17) is 18.0 Å². The third-order valence-electron chi connectivity index (χ3n) is 3.12. The van der Waals surface area contributed by atoms with E-state index in [9.17, 15) is 4.79 Å². The van der Waals surface area contributed by atoms with Crippen LogP contribution >= 0.6 is 12.2 Å². The molecule has 2 rings (SSSR count). The summed E-state index contributed by atoms with van der Waals surface area (Å²) in [5, 5.41) is 1.12. The number of fused-ring (bicyclic) bond motifs is 1. The Morgan fingerprint density at radius 2 is 2.11 bits per heavy atom. The zero-order valence-corrected chi connectivity index (χ0v) is 11.9. The van der Waals surface area contributed by atoms with Crippen molar-refractivity contribution in [3.63, 3.8) is 0 Å². The van der Waals surface area contributed by atoms with Gasteiger partial charge in [-0.25, -0.2) is 0 Å². The van der Waals surface area contributed by atoms with Gasteiger partial charge in [0.2, 0.25) is 5.91 Å². The van der Waals surface area contributed by atoms with Crippen molar-refractivity contribution in [2.24, 2.45) is 5.73 Å². The quantitative estimate of drug-likeness (QED) is 0.865. The van der Waals surface area contributed by atoms with Crippen molar-refractivity contribution in [2.75, 3.05) is 14.1 Å². The normalized spacial score (nSPS) is 10.6. The Bertz CT molecular complexity index is 631. The molecule has 0 radical (unpaired) electrons. The van der Waals surface area contributed by atoms with Crippen LogP contribution in [0.4, 0.5) is 0 Å². The number of hydrogen-bond donors (Lipinski definition) is 1. The van der Waals surface area contributed by atoms with Crippen LogP contribution in [0.1, 0.15) is 12.0 Å². The van der Waals surface area contributed by atoms with Crippen LogP contribution in [0.25, 0.3) is 10.9 Å². The van der Waals surface area contributed by atoms with Crippen molar-refractivity contribution < 1.29 is 4.79 Å². The highest BCUT2D eigenvalue weighted by Gasteiger charge is 2.07. The third-order valence-corrected chi connectivity index (χ3v) is 3.36. The van der Waals surface area contributed by atoms with Gasteiger partial charge < -0.3 is 15.2 Å². The maximum absolute atomic E-state index is 11.6. The van der Waals surface area contributed by atoms with E-state index in [-0.39, 0.29) is 5.91 Å². The smallest absolute Gasteiger partial charge is 0.223 e. The minimum atomic E-state index is 0.118. The first-order chi connectivity index (χ1) is 8.99. The Hall–Kier alpha value is -1.88. The summed E-state index contributed by atoms with van der Waals surface area (Å²) < 4.78 is 2.05. The molecule has 1 heterocycles. The largest absolute Gasteiger partial charge is 0.389 e. The first-order valence-corrected chi connectivity index (χ1v) is 6.48. The molecule has 2 N–H and O–H groups in total. The molecular weight excluding hydrogens is 258 g/mol. The maximum atomic E-state index is 11.6. The van der Waals surface area contributed by atoms with Crippen LogP contribution in [0.2, 0.25) is 0 Å². The van der Waals surface area contributed by atoms with Gasteiger partial charge >= 0.3 is 0 Å². The number of hydrogen-bond acceptors (Lipinski definition) is 2. The molecule has 0 bridgehead atoms. The van der Waals surface area contributed by atoms with E-state index in [1.807, 2.05) is 30.5 Å². The molecule has 0 fully saturated rings. The second-order valence-electron chi connectivity index (χ2n) is 4.69. The number of rotatable bonds is 4. The van der Waals surface area contributed by atoms with Crippen molar-refractivity contribution in [2.45, 2.75) is 13.0 Å². The van der Waals surface area contributed by atoms with Crippen LogP contribution in [0.5, 0.6) is 0 Å². The molecule has 100 valence electrons. The Morgan fingerprint density at radius 3 is 2.74 bits per heavy atom. The van der Waals surface area contributed by atoms with E-state index in [1.165, 1.54) is 0 Å². The highest BCUT2D eigenvalue weighted by atomic mass is 32.1. The zero-order chi connectivity index (χ0) is 14.0. The van der Waals surface area contributed by atoms with E-state index in [0.29, 0.717) is 18.0 Å². The second kappa shape index (κ2) is 5.40. The molecule has 0 aliphatic heterocycles. The highest BCUT2D eigenvalue weighted by molar-refractivity contribution is 7.80. The molecule has 0 aliphatic carbocycles. The minimum absolute atomic E-state index is 0.118. The summed E-state index contributed by atoms with van der Waals surface area (Å²) in [7, 11) is 3.53. The maximum Gasteiger partial charge on any atom is 0.223 e. The number of aromatic nitrogens is 1. The lowest BCUT2D eigenvalue weighted by Gasteiger charge is -2.11. The second-order valence-corrected chi connectivity index (χ2v) is 5.12. The van der Waals surface area contributed by atoms with Crippen LogP contribution in [0.3, 0.4) is 0 Å². The summed E-state index contributed by atoms with van der Waals surface area (Å²) in [6, 6.07) is 7.91. The van der Waals surface area contributed by atoms with Crippen LogP contribution in [-0.2, 0) is 11.3 Å². The van der Waals surface area contributed by atoms with E-state index in [0.717, 1.165) is 16.5 Å². The molecule has 0 atom stereocenters. The molecule has 2 aromatic rings. The lowest BCUT2D eigenvalue weighted by atomic mass is 10.1. The van der Waals surface area contributed by atoms with E-state index >= 15 is 0 Å². The SMILES string of the molecule is CN(C)C(=O)CCn1ccc2ccc(C(N)=S)cc21. The number of nitrogens with zero attached hydrogens (tertiary/aromatic N) is 2. The fourth-order valence-electron chi connectivity index (χ4n) is 1.97. The summed E-state index contributed by atoms with van der Waals surface area (Å²) in [5.74, 6) is 0.118. The minimum Gasteiger partial charge on any atom is -0.389 e. The highest BCUT2D eigenvalue weighted by Crippen LogP contribution is 2.18. The van der Waals surface area contributed by atoms with E-state index in [1.54, 1.807) is 19.0 Å². The molecule has 1 aromatic carbocycles. The standard InChI is InChI=1S/C14H17N3OS/c1-16(2)13(18)6-8-17-7-5-10-3-4-11(14(15)19)9-12(10)17/h3-5,7,9H,6,8H2,1-2H3,(H2,15,19). The van der Waals surface area contributed by atoms with Crippen molar-refractivity contribution in [3.8, 4) is 0 Å². The summed E-state index contributed by atoms with van der Waals surface area (Å²) in [6.45, 7) is 0.654. The molecule has 4 nitrogen and oxygen atoms in total. The Morgan fingerprint density at radius 1 is 1.37 bits per heavy atom. The van der Waals surface area contributed by atoms with Gasteiger partial charge in [-0.15, -0.1) is 0 Å². The van der Waals surface area contributed by atoms with Gasteiger partial charge in [0.15, 0.2) is 0 Å². The zero-order valence-electron chi connectivity index (χ0n) is 11.1. The van der Waals surface area contributed by atoms with Gasteiger partial charge in [0, 0.05) is 44.3 Å². The molecule has 0 spiro atoms. The lowest BCUT2D eigenvalue weighted by Crippen LogP contribution is -2.22. The van der Waals surface area contributed by atoms with Gasteiger partial charge in [-0.05, 0) is 17.5 Å². The topological polar surface area (TPSA) is 51.3 Å². The number of aryl methyl sites for hydroxylation is 1. The Labute approximate surface area is 117 Å². The molecule has 0 aliphatic rings. The van der Waals surface area contributed by atoms with Gasteiger partial charge in [0.1, 0.15) is 4.99 Å². The van der Waals surface area contributed by atoms with Crippen molar-refractivity contribution in [1.82, 2.24) is 9.47 Å². The van der Waals surface area contributed by atoms with Crippen molar-refractivity contribution in [1.29, 1.82) is 0 Å². The first kappa shape index (κ1) is 13.5. The number of thiocarbonyl (C=S) groups is 1. The monoisotopic (exact) mass is 275 g/mol. The van der Waals surface area contributed by atoms with Gasteiger partial charge in [-0.2, -0.15) is 0 Å². The van der Waals surface area contributed by atoms with Crippen molar-refractivity contribution >= 4 is 34.0 Å². The summed E-state index contributed by atoms with van der Waals surface area (Å²) in [6.07, 6.45) is 2.46. The van der Waals surface area contributed by atoms with Crippen LogP contribution in [-0.4, -0.2) is 34.5 Å². The molecule has 19 heavy (non-hydrogen) atoms. The van der Waals surface area contributed by atoms with Crippen LogP contribution in [0.15, 0.2) is 30.5 Å². The number of amides is 1. The Kier molecular flexibility index (Phi) is 3.85. The summed E-state index contributed by atoms with van der Waals surface area (Å²) in [5.41, 5.74) is 7.55. The number of nitrogens with two attached hydrogens (primary N) is 1. The molecule has 1 amide bonds. The fourth-order valence-corrected chi connectivity index (χ4v) is 2.10. The molecule has 0 saturated heterocycles. The van der Waals surface area contributed by atoms with Gasteiger partial charge in [-0.3, -0.25) is 4.79 Å². The predicted octanol–water partition coefficient (Wildman–Crippen LogP) is 1.75. The van der Waals surface area contributed by atoms with Gasteiger partial charge in [0.25, 0.3) is 0 Å². The number of benzene rings is 1. The fraction of sp³-hybridized carbons (Fsp3) is 0.286. The first-order valence-electron chi connectivity index (χ1n) is 6.08. The summed E-state index contributed by atoms with van der Waals surface area (Å²) >= 11 is 4.99. The number of carbonyl (C=O) groups excluding carboxylic acids is 1. The van der Waals surface area contributed by atoms with Gasteiger partial charge in [-0.1, -0.05) is 24.4 Å². The summed E-state index contributed by atoms with van der Waals surface area (Å²) in [4.78, 5) is 13.6. The van der Waals surface area contributed by atoms with Crippen LogP contribution < -0.4 is 5.73 Å². The number of carbonyl (C=O) groups is 1. The molecule has 1 aromatic heterocycles. The Balaban J connectivity index is 2.26. The van der Waals surface area contributed by atoms with Gasteiger partial charge in [0.05, 0.1) is 0 Å². The lowest BCUT2D eigenvalue weighted by molar-refractivity contribution is -0.128. The third kappa shape index (κ3) is 2.93. The van der Waals surface area contributed by atoms with Crippen molar-refractivity contribution in [3.05, 3.63) is 36.0 Å². The molecule has 0 saturated carbocycles. The average molecular weight is 275 g/mol. The van der Waals surface area contributed by atoms with E-state index < -0.39 is 0 Å².